The molecular formula is C12H14N2O2. The molecule has 1 aliphatic heterocycles. The van der Waals surface area contributed by atoms with Crippen LogP contribution in [0.1, 0.15) is 18.4 Å². The Morgan fingerprint density at radius 2 is 2.19 bits per heavy atom. The normalized spacial score (nSPS) is 15.9. The van der Waals surface area contributed by atoms with E-state index in [0.717, 1.165) is 30.5 Å². The number of hydrogen-bond donors (Lipinski definition) is 1. The van der Waals surface area contributed by atoms with Crippen LogP contribution in [0.4, 0.5) is 5.82 Å². The highest BCUT2D eigenvalue weighted by atomic mass is 16.4. The van der Waals surface area contributed by atoms with Crippen LogP contribution in [0.2, 0.25) is 0 Å². The van der Waals surface area contributed by atoms with Gasteiger partial charge in [-0.1, -0.05) is 0 Å². The lowest BCUT2D eigenvalue weighted by Crippen LogP contribution is -2.19. The number of anilines is 1. The first-order valence-corrected chi connectivity index (χ1v) is 5.38. The Morgan fingerprint density at radius 3 is 2.88 bits per heavy atom. The minimum absolute atomic E-state index is 0.867. The van der Waals surface area contributed by atoms with Gasteiger partial charge in [-0.3, -0.25) is 0 Å². The van der Waals surface area contributed by atoms with Gasteiger partial charge in [0.05, 0.1) is 0 Å². The van der Waals surface area contributed by atoms with E-state index in [1.807, 2.05) is 12.1 Å². The Kier molecular flexibility index (Phi) is 3.19. The van der Waals surface area contributed by atoms with Crippen LogP contribution in [-0.2, 0) is 4.79 Å². The van der Waals surface area contributed by atoms with Gasteiger partial charge in [-0.05, 0) is 31.1 Å². The van der Waals surface area contributed by atoms with E-state index in [-0.39, 0.29) is 0 Å². The smallest absolute Gasteiger partial charge is 0.328 e. The van der Waals surface area contributed by atoms with Crippen molar-refractivity contribution in [3.8, 4) is 0 Å². The molecule has 0 unspecified atom stereocenters. The number of nitrogens with zero attached hydrogens (tertiary/aromatic N) is 2. The molecule has 1 aliphatic rings. The highest BCUT2D eigenvalue weighted by Crippen LogP contribution is 2.22. The van der Waals surface area contributed by atoms with Crippen molar-refractivity contribution in [2.24, 2.45) is 0 Å². The Morgan fingerprint density at radius 1 is 1.44 bits per heavy atom. The molecule has 1 saturated heterocycles. The molecule has 0 saturated carbocycles. The van der Waals surface area contributed by atoms with Gasteiger partial charge in [0, 0.05) is 30.9 Å². The first-order valence-electron chi connectivity index (χ1n) is 5.38. The Balaban J connectivity index is 2.26. The summed E-state index contributed by atoms with van der Waals surface area (Å²) in [5.41, 5.74) is 0.867. The van der Waals surface area contributed by atoms with Crippen molar-refractivity contribution in [2.45, 2.75) is 12.8 Å². The van der Waals surface area contributed by atoms with E-state index in [0.29, 0.717) is 0 Å². The molecule has 0 radical (unpaired) electrons. The molecule has 0 bridgehead atoms. The number of carboxylic acid groups (broad SMARTS) is 1. The van der Waals surface area contributed by atoms with Gasteiger partial charge < -0.3 is 10.0 Å². The fourth-order valence-corrected chi connectivity index (χ4v) is 1.89. The van der Waals surface area contributed by atoms with Gasteiger partial charge >= 0.3 is 5.97 Å². The summed E-state index contributed by atoms with van der Waals surface area (Å²) in [5, 5.41) is 8.61. The number of aliphatic carboxylic acids is 1. The highest BCUT2D eigenvalue weighted by molar-refractivity contribution is 5.86. The predicted molar refractivity (Wildman–Crippen MR) is 62.4 cm³/mol. The third-order valence-corrected chi connectivity index (χ3v) is 2.63. The average Bonchev–Trinajstić information content (AvgIpc) is 2.80. The van der Waals surface area contributed by atoms with E-state index >= 15 is 0 Å². The second-order valence-electron chi connectivity index (χ2n) is 3.78. The Hall–Kier alpha value is -1.84. The number of rotatable bonds is 3. The molecule has 84 valence electrons. The number of pyridine rings is 1. The van der Waals surface area contributed by atoms with E-state index in [2.05, 4.69) is 9.88 Å². The van der Waals surface area contributed by atoms with Gasteiger partial charge in [0.2, 0.25) is 0 Å². The van der Waals surface area contributed by atoms with Crippen LogP contribution in [0.15, 0.2) is 24.4 Å². The fraction of sp³-hybridized carbons (Fsp3) is 0.333. The van der Waals surface area contributed by atoms with Crippen molar-refractivity contribution in [2.75, 3.05) is 18.0 Å². The molecule has 16 heavy (non-hydrogen) atoms. The summed E-state index contributed by atoms with van der Waals surface area (Å²) >= 11 is 0. The number of hydrogen-bond acceptors (Lipinski definition) is 3. The predicted octanol–water partition coefficient (Wildman–Crippen LogP) is 1.78. The maximum absolute atomic E-state index is 10.5. The summed E-state index contributed by atoms with van der Waals surface area (Å²) in [4.78, 5) is 17.0. The molecule has 0 aliphatic carbocycles. The van der Waals surface area contributed by atoms with Crippen LogP contribution in [0, 0.1) is 0 Å². The molecule has 0 aromatic carbocycles. The van der Waals surface area contributed by atoms with Crippen LogP contribution in [0.5, 0.6) is 0 Å². The second kappa shape index (κ2) is 4.79. The monoisotopic (exact) mass is 218 g/mol. The molecule has 2 rings (SSSR count). The summed E-state index contributed by atoms with van der Waals surface area (Å²) in [6, 6.07) is 3.71. The standard InChI is InChI=1S/C12H14N2O2/c15-11(16)6-5-10-4-3-7-13-12(10)14-8-1-2-9-14/h3-7H,1-2,8-9H2,(H,15,16)/b6-5+. The summed E-state index contributed by atoms with van der Waals surface area (Å²) in [6.45, 7) is 2.01. The SMILES string of the molecule is O=C(O)/C=C/c1cccnc1N1CCCC1. The van der Waals surface area contributed by atoms with E-state index in [1.165, 1.54) is 12.8 Å². The molecule has 2 heterocycles. The lowest BCUT2D eigenvalue weighted by molar-refractivity contribution is -0.131. The van der Waals surface area contributed by atoms with Gasteiger partial charge in [0.25, 0.3) is 0 Å². The molecular weight excluding hydrogens is 204 g/mol. The maximum Gasteiger partial charge on any atom is 0.328 e. The minimum atomic E-state index is -0.934. The quantitative estimate of drug-likeness (QED) is 0.786. The summed E-state index contributed by atoms with van der Waals surface area (Å²) in [7, 11) is 0. The van der Waals surface area contributed by atoms with Crippen molar-refractivity contribution in [3.63, 3.8) is 0 Å². The molecule has 0 atom stereocenters. The molecule has 0 spiro atoms. The lowest BCUT2D eigenvalue weighted by Gasteiger charge is -2.18. The third kappa shape index (κ3) is 2.39. The fourth-order valence-electron chi connectivity index (χ4n) is 1.89. The van der Waals surface area contributed by atoms with Gasteiger partial charge in [0.15, 0.2) is 0 Å². The zero-order valence-electron chi connectivity index (χ0n) is 8.97. The maximum atomic E-state index is 10.5. The lowest BCUT2D eigenvalue weighted by atomic mass is 10.2. The van der Waals surface area contributed by atoms with E-state index in [1.54, 1.807) is 12.3 Å². The van der Waals surface area contributed by atoms with Gasteiger partial charge in [-0.2, -0.15) is 0 Å². The molecule has 1 N–H and O–H groups in total. The zero-order chi connectivity index (χ0) is 11.4. The number of aromatic nitrogens is 1. The van der Waals surface area contributed by atoms with E-state index < -0.39 is 5.97 Å². The second-order valence-corrected chi connectivity index (χ2v) is 3.78. The molecule has 1 fully saturated rings. The van der Waals surface area contributed by atoms with Crippen molar-refractivity contribution in [1.82, 2.24) is 4.98 Å². The van der Waals surface area contributed by atoms with Gasteiger partial charge in [-0.25, -0.2) is 9.78 Å². The average molecular weight is 218 g/mol. The summed E-state index contributed by atoms with van der Waals surface area (Å²) in [6.07, 6.45) is 6.85. The molecule has 1 aromatic rings. The first kappa shape index (κ1) is 10.7. The number of carbonyl (C=O) groups is 1. The van der Waals surface area contributed by atoms with Gasteiger partial charge in [-0.15, -0.1) is 0 Å². The molecule has 4 heteroatoms. The Bertz CT molecular complexity index is 409. The van der Waals surface area contributed by atoms with Crippen molar-refractivity contribution < 1.29 is 9.90 Å². The number of carboxylic acids is 1. The molecule has 0 amide bonds. The zero-order valence-corrected chi connectivity index (χ0v) is 8.97. The molecule has 4 nitrogen and oxygen atoms in total. The van der Waals surface area contributed by atoms with Crippen LogP contribution in [-0.4, -0.2) is 29.1 Å². The highest BCUT2D eigenvalue weighted by Gasteiger charge is 2.15. The van der Waals surface area contributed by atoms with Crippen molar-refractivity contribution in [3.05, 3.63) is 30.0 Å². The summed E-state index contributed by atoms with van der Waals surface area (Å²) < 4.78 is 0. The third-order valence-electron chi connectivity index (χ3n) is 2.63. The van der Waals surface area contributed by atoms with E-state index in [9.17, 15) is 4.79 Å². The van der Waals surface area contributed by atoms with Crippen LogP contribution in [0.3, 0.4) is 0 Å². The van der Waals surface area contributed by atoms with Gasteiger partial charge in [0.1, 0.15) is 5.82 Å². The van der Waals surface area contributed by atoms with Crippen LogP contribution >= 0.6 is 0 Å². The van der Waals surface area contributed by atoms with Crippen molar-refractivity contribution in [1.29, 1.82) is 0 Å². The van der Waals surface area contributed by atoms with Crippen molar-refractivity contribution >= 4 is 17.9 Å². The van der Waals surface area contributed by atoms with Crippen LogP contribution in [0.25, 0.3) is 6.08 Å². The topological polar surface area (TPSA) is 53.4 Å². The first-order chi connectivity index (χ1) is 7.77. The largest absolute Gasteiger partial charge is 0.478 e. The summed E-state index contributed by atoms with van der Waals surface area (Å²) in [5.74, 6) is -0.0475. The Labute approximate surface area is 94.2 Å². The van der Waals surface area contributed by atoms with E-state index in [4.69, 9.17) is 5.11 Å². The minimum Gasteiger partial charge on any atom is -0.478 e. The van der Waals surface area contributed by atoms with Crippen LogP contribution < -0.4 is 4.90 Å². The molecule has 1 aromatic heterocycles.